The zero-order valence-electron chi connectivity index (χ0n) is 11.8. The standard InChI is InChI=1S/C12H13ClN2O6/c1-6(16)14(2)9-8(13)5-7(12(17)21-4)11(20-3)10(9)15(18)19/h5H,1-4H3. The Labute approximate surface area is 125 Å². The van der Waals surface area contributed by atoms with Gasteiger partial charge in [-0.15, -0.1) is 0 Å². The van der Waals surface area contributed by atoms with Gasteiger partial charge in [-0.25, -0.2) is 4.79 Å². The molecule has 0 unspecified atom stereocenters. The largest absolute Gasteiger partial charge is 0.489 e. The Hall–Kier alpha value is -2.35. The Morgan fingerprint density at radius 3 is 2.33 bits per heavy atom. The number of anilines is 1. The summed E-state index contributed by atoms with van der Waals surface area (Å²) < 4.78 is 9.48. The van der Waals surface area contributed by atoms with Crippen molar-refractivity contribution in [2.75, 3.05) is 26.2 Å². The van der Waals surface area contributed by atoms with E-state index in [0.717, 1.165) is 18.1 Å². The van der Waals surface area contributed by atoms with Crippen LogP contribution in [0.5, 0.6) is 5.75 Å². The van der Waals surface area contributed by atoms with Crippen LogP contribution < -0.4 is 9.64 Å². The minimum Gasteiger partial charge on any atom is -0.489 e. The summed E-state index contributed by atoms with van der Waals surface area (Å²) in [6.07, 6.45) is 0. The Balaban J connectivity index is 3.79. The lowest BCUT2D eigenvalue weighted by Gasteiger charge is -2.19. The number of carbonyl (C=O) groups excluding carboxylic acids is 2. The number of nitrogens with zero attached hydrogens (tertiary/aromatic N) is 2. The molecule has 21 heavy (non-hydrogen) atoms. The van der Waals surface area contributed by atoms with Gasteiger partial charge in [-0.2, -0.15) is 0 Å². The van der Waals surface area contributed by atoms with Crippen molar-refractivity contribution in [3.05, 3.63) is 26.8 Å². The van der Waals surface area contributed by atoms with E-state index >= 15 is 0 Å². The van der Waals surface area contributed by atoms with Crippen molar-refractivity contribution in [1.29, 1.82) is 0 Å². The number of carbonyl (C=O) groups is 2. The average Bonchev–Trinajstić information content (AvgIpc) is 2.43. The Morgan fingerprint density at radius 1 is 1.38 bits per heavy atom. The van der Waals surface area contributed by atoms with Crippen LogP contribution in [0.15, 0.2) is 6.07 Å². The van der Waals surface area contributed by atoms with Crippen molar-refractivity contribution >= 4 is 34.9 Å². The van der Waals surface area contributed by atoms with E-state index in [1.165, 1.54) is 21.1 Å². The van der Waals surface area contributed by atoms with E-state index in [1.807, 2.05) is 0 Å². The molecule has 0 aliphatic carbocycles. The molecule has 1 rings (SSSR count). The van der Waals surface area contributed by atoms with Crippen LogP contribution in [-0.4, -0.2) is 38.1 Å². The Morgan fingerprint density at radius 2 is 1.95 bits per heavy atom. The van der Waals surface area contributed by atoms with Crippen LogP contribution in [0.3, 0.4) is 0 Å². The number of hydrogen-bond acceptors (Lipinski definition) is 6. The van der Waals surface area contributed by atoms with Crippen LogP contribution in [0.25, 0.3) is 0 Å². The van der Waals surface area contributed by atoms with Gasteiger partial charge < -0.3 is 14.4 Å². The predicted molar refractivity (Wildman–Crippen MR) is 75.1 cm³/mol. The summed E-state index contributed by atoms with van der Waals surface area (Å²) in [4.78, 5) is 34.7. The van der Waals surface area contributed by atoms with Gasteiger partial charge in [-0.05, 0) is 6.07 Å². The number of nitro benzene ring substituents is 1. The molecule has 0 saturated carbocycles. The van der Waals surface area contributed by atoms with Crippen molar-refractivity contribution in [3.63, 3.8) is 0 Å². The number of esters is 1. The second-order valence-corrected chi connectivity index (χ2v) is 4.37. The quantitative estimate of drug-likeness (QED) is 0.478. The zero-order valence-corrected chi connectivity index (χ0v) is 12.6. The molecule has 0 bridgehead atoms. The molecule has 0 heterocycles. The van der Waals surface area contributed by atoms with Crippen molar-refractivity contribution in [2.24, 2.45) is 0 Å². The highest BCUT2D eigenvalue weighted by atomic mass is 35.5. The first kappa shape index (κ1) is 16.7. The number of benzene rings is 1. The summed E-state index contributed by atoms with van der Waals surface area (Å²) >= 11 is 5.99. The van der Waals surface area contributed by atoms with Gasteiger partial charge >= 0.3 is 11.7 Å². The molecule has 114 valence electrons. The SMILES string of the molecule is COC(=O)c1cc(Cl)c(N(C)C(C)=O)c([N+](=O)[O-])c1OC. The number of rotatable bonds is 4. The molecule has 1 aromatic carbocycles. The maximum atomic E-state index is 11.7. The normalized spacial score (nSPS) is 9.95. The van der Waals surface area contributed by atoms with E-state index in [4.69, 9.17) is 16.3 Å². The molecule has 0 atom stereocenters. The summed E-state index contributed by atoms with van der Waals surface area (Å²) in [6.45, 7) is 1.22. The minimum absolute atomic E-state index is 0.138. The second-order valence-electron chi connectivity index (χ2n) is 3.96. The zero-order chi connectivity index (χ0) is 16.3. The highest BCUT2D eigenvalue weighted by molar-refractivity contribution is 6.35. The third kappa shape index (κ3) is 3.05. The second kappa shape index (κ2) is 6.40. The van der Waals surface area contributed by atoms with Crippen molar-refractivity contribution in [2.45, 2.75) is 6.92 Å². The van der Waals surface area contributed by atoms with Crippen LogP contribution in [0.1, 0.15) is 17.3 Å². The van der Waals surface area contributed by atoms with E-state index in [9.17, 15) is 19.7 Å². The van der Waals surface area contributed by atoms with Crippen LogP contribution in [0.4, 0.5) is 11.4 Å². The lowest BCUT2D eigenvalue weighted by atomic mass is 10.1. The number of nitro groups is 1. The molecule has 1 aromatic rings. The van der Waals surface area contributed by atoms with Crippen LogP contribution in [-0.2, 0) is 9.53 Å². The predicted octanol–water partition coefficient (Wildman–Crippen LogP) is 2.03. The third-order valence-corrected chi connectivity index (χ3v) is 3.07. The first-order valence-corrected chi connectivity index (χ1v) is 6.01. The maximum absolute atomic E-state index is 11.7. The molecule has 8 nitrogen and oxygen atoms in total. The van der Waals surface area contributed by atoms with Gasteiger partial charge in [0.2, 0.25) is 11.7 Å². The summed E-state index contributed by atoms with van der Waals surface area (Å²) in [7, 11) is 3.62. The van der Waals surface area contributed by atoms with E-state index in [0.29, 0.717) is 0 Å². The highest BCUT2D eigenvalue weighted by Gasteiger charge is 2.33. The molecule has 0 radical (unpaired) electrons. The molecule has 9 heteroatoms. The summed E-state index contributed by atoms with van der Waals surface area (Å²) in [6, 6.07) is 1.16. The van der Waals surface area contributed by atoms with E-state index < -0.39 is 22.5 Å². The molecule has 0 aliphatic rings. The van der Waals surface area contributed by atoms with Crippen molar-refractivity contribution in [3.8, 4) is 5.75 Å². The molecule has 0 aliphatic heterocycles. The first-order chi connectivity index (χ1) is 9.76. The van der Waals surface area contributed by atoms with Crippen LogP contribution >= 0.6 is 11.6 Å². The van der Waals surface area contributed by atoms with E-state index in [-0.39, 0.29) is 22.0 Å². The number of amides is 1. The summed E-state index contributed by atoms with van der Waals surface area (Å²) in [5.41, 5.74) is -0.931. The fourth-order valence-corrected chi connectivity index (χ4v) is 2.05. The summed E-state index contributed by atoms with van der Waals surface area (Å²) in [5.74, 6) is -1.62. The number of ether oxygens (including phenoxy) is 2. The minimum atomic E-state index is -0.839. The molecule has 0 aromatic heterocycles. The summed E-state index contributed by atoms with van der Waals surface area (Å²) in [5, 5.41) is 11.2. The highest BCUT2D eigenvalue weighted by Crippen LogP contribution is 2.44. The van der Waals surface area contributed by atoms with E-state index in [2.05, 4.69) is 4.74 Å². The third-order valence-electron chi connectivity index (χ3n) is 2.78. The lowest BCUT2D eigenvalue weighted by Crippen LogP contribution is -2.24. The van der Waals surface area contributed by atoms with Crippen molar-refractivity contribution < 1.29 is 24.0 Å². The number of methoxy groups -OCH3 is 2. The molecule has 0 N–H and O–H groups in total. The van der Waals surface area contributed by atoms with Gasteiger partial charge in [-0.3, -0.25) is 14.9 Å². The Bertz CT molecular complexity index is 616. The van der Waals surface area contributed by atoms with Gasteiger partial charge in [0.15, 0.2) is 0 Å². The molecule has 1 amide bonds. The molecular formula is C12H13ClN2O6. The van der Waals surface area contributed by atoms with E-state index in [1.54, 1.807) is 0 Å². The molecule has 0 saturated heterocycles. The van der Waals surface area contributed by atoms with Crippen LogP contribution in [0, 0.1) is 10.1 Å². The number of hydrogen-bond donors (Lipinski definition) is 0. The molecular weight excluding hydrogens is 304 g/mol. The fraction of sp³-hybridized carbons (Fsp3) is 0.333. The fourth-order valence-electron chi connectivity index (χ4n) is 1.72. The van der Waals surface area contributed by atoms with Gasteiger partial charge in [-0.1, -0.05) is 11.6 Å². The lowest BCUT2D eigenvalue weighted by molar-refractivity contribution is -0.385. The monoisotopic (exact) mass is 316 g/mol. The molecule has 0 fully saturated rings. The van der Waals surface area contributed by atoms with Gasteiger partial charge in [0.05, 0.1) is 24.2 Å². The maximum Gasteiger partial charge on any atom is 0.341 e. The first-order valence-electron chi connectivity index (χ1n) is 5.63. The van der Waals surface area contributed by atoms with Gasteiger partial charge in [0.25, 0.3) is 0 Å². The smallest absolute Gasteiger partial charge is 0.341 e. The van der Waals surface area contributed by atoms with Gasteiger partial charge in [0.1, 0.15) is 11.3 Å². The number of halogens is 1. The average molecular weight is 317 g/mol. The van der Waals surface area contributed by atoms with Gasteiger partial charge in [0, 0.05) is 14.0 Å². The van der Waals surface area contributed by atoms with Crippen molar-refractivity contribution in [1.82, 2.24) is 0 Å². The topological polar surface area (TPSA) is 99.0 Å². The Kier molecular flexibility index (Phi) is 5.09. The van der Waals surface area contributed by atoms with Crippen LogP contribution in [0.2, 0.25) is 5.02 Å². The molecule has 0 spiro atoms.